The van der Waals surface area contributed by atoms with Gasteiger partial charge in [-0.05, 0) is 19.9 Å². The first-order chi connectivity index (χ1) is 9.54. The third kappa shape index (κ3) is 2.59. The van der Waals surface area contributed by atoms with E-state index in [0.29, 0.717) is 29.2 Å². The van der Waals surface area contributed by atoms with Gasteiger partial charge in [-0.25, -0.2) is 4.79 Å². The Bertz CT molecular complexity index is 581. The first-order valence-corrected chi connectivity index (χ1v) is 6.34. The second kappa shape index (κ2) is 5.64. The molecule has 6 nitrogen and oxygen atoms in total. The molecule has 1 aliphatic heterocycles. The van der Waals surface area contributed by atoms with Crippen molar-refractivity contribution in [3.8, 4) is 5.75 Å². The van der Waals surface area contributed by atoms with E-state index in [-0.39, 0.29) is 6.03 Å². The number of rotatable bonds is 4. The van der Waals surface area contributed by atoms with Gasteiger partial charge in [-0.1, -0.05) is 18.2 Å². The molecule has 0 fully saturated rings. The maximum absolute atomic E-state index is 11.7. The van der Waals surface area contributed by atoms with Crippen LogP contribution in [0, 0.1) is 0 Å². The maximum atomic E-state index is 11.7. The van der Waals surface area contributed by atoms with E-state index < -0.39 is 11.9 Å². The molecule has 0 saturated heterocycles. The summed E-state index contributed by atoms with van der Waals surface area (Å²) in [5.74, 6) is 0.0417. The molecule has 1 aromatic rings. The summed E-state index contributed by atoms with van der Waals surface area (Å²) in [7, 11) is 0. The van der Waals surface area contributed by atoms with Gasteiger partial charge in [0.15, 0.2) is 0 Å². The number of hydrogen-bond donors (Lipinski definition) is 3. The summed E-state index contributed by atoms with van der Waals surface area (Å²) in [4.78, 5) is 23.3. The molecule has 0 aliphatic carbocycles. The number of amides is 3. The molecule has 1 unspecified atom stereocenters. The highest BCUT2D eigenvalue weighted by atomic mass is 16.5. The lowest BCUT2D eigenvalue weighted by Crippen LogP contribution is -2.46. The van der Waals surface area contributed by atoms with E-state index >= 15 is 0 Å². The van der Waals surface area contributed by atoms with Crippen LogP contribution in [0.25, 0.3) is 0 Å². The predicted octanol–water partition coefficient (Wildman–Crippen LogP) is 1.20. The van der Waals surface area contributed by atoms with Crippen LogP contribution in [-0.2, 0) is 4.79 Å². The zero-order valence-corrected chi connectivity index (χ0v) is 11.4. The number of primary amides is 1. The Morgan fingerprint density at radius 1 is 1.40 bits per heavy atom. The van der Waals surface area contributed by atoms with Gasteiger partial charge in [-0.15, -0.1) is 0 Å². The van der Waals surface area contributed by atoms with Crippen LogP contribution in [0.2, 0.25) is 0 Å². The smallest absolute Gasteiger partial charge is 0.319 e. The Balaban J connectivity index is 2.51. The van der Waals surface area contributed by atoms with Crippen molar-refractivity contribution in [2.45, 2.75) is 19.9 Å². The zero-order chi connectivity index (χ0) is 14.7. The molecular formula is C14H17N3O3. The van der Waals surface area contributed by atoms with Crippen LogP contribution in [0.3, 0.4) is 0 Å². The van der Waals surface area contributed by atoms with Gasteiger partial charge in [0.25, 0.3) is 0 Å². The third-order valence-corrected chi connectivity index (χ3v) is 3.06. The van der Waals surface area contributed by atoms with E-state index in [0.717, 1.165) is 0 Å². The van der Waals surface area contributed by atoms with Crippen LogP contribution in [0.15, 0.2) is 35.5 Å². The van der Waals surface area contributed by atoms with Crippen molar-refractivity contribution in [2.75, 3.05) is 6.61 Å². The summed E-state index contributed by atoms with van der Waals surface area (Å²) in [6.07, 6.45) is 0. The molecule has 20 heavy (non-hydrogen) atoms. The summed E-state index contributed by atoms with van der Waals surface area (Å²) in [6.45, 7) is 4.01. The van der Waals surface area contributed by atoms with Gasteiger partial charge in [-0.3, -0.25) is 4.79 Å². The standard InChI is InChI=1S/C14H17N3O3/c1-3-20-10-7-5-4-6-9(10)12-11(13(15)18)8(2)16-14(19)17-12/h4-7,12H,3H2,1-2H3,(H2,15,18)(H2,16,17,19). The van der Waals surface area contributed by atoms with E-state index in [4.69, 9.17) is 10.5 Å². The van der Waals surface area contributed by atoms with Crippen molar-refractivity contribution in [1.29, 1.82) is 0 Å². The van der Waals surface area contributed by atoms with E-state index in [1.807, 2.05) is 19.1 Å². The number of allylic oxidation sites excluding steroid dienone is 1. The molecule has 2 rings (SSSR count). The second-order valence-corrected chi connectivity index (χ2v) is 4.41. The number of benzene rings is 1. The van der Waals surface area contributed by atoms with Crippen LogP contribution < -0.4 is 21.1 Å². The number of nitrogens with two attached hydrogens (primary N) is 1. The highest BCUT2D eigenvalue weighted by Crippen LogP contribution is 2.32. The SMILES string of the molecule is CCOc1ccccc1C1NC(=O)NC(C)=C1C(N)=O. The average Bonchev–Trinajstić information content (AvgIpc) is 2.38. The van der Waals surface area contributed by atoms with Crippen molar-refractivity contribution in [3.63, 3.8) is 0 Å². The summed E-state index contributed by atoms with van der Waals surface area (Å²) >= 11 is 0. The van der Waals surface area contributed by atoms with E-state index in [2.05, 4.69) is 10.6 Å². The summed E-state index contributed by atoms with van der Waals surface area (Å²) in [5.41, 5.74) is 6.92. The molecule has 106 valence electrons. The molecule has 3 amide bonds. The van der Waals surface area contributed by atoms with Crippen LogP contribution in [-0.4, -0.2) is 18.5 Å². The van der Waals surface area contributed by atoms with Crippen molar-refractivity contribution in [2.24, 2.45) is 5.73 Å². The Labute approximate surface area is 117 Å². The van der Waals surface area contributed by atoms with E-state index in [1.54, 1.807) is 19.1 Å². The minimum absolute atomic E-state index is 0.330. The fourth-order valence-corrected chi connectivity index (χ4v) is 2.26. The van der Waals surface area contributed by atoms with Gasteiger partial charge in [0, 0.05) is 11.3 Å². The van der Waals surface area contributed by atoms with Crippen LogP contribution in [0.1, 0.15) is 25.5 Å². The number of urea groups is 1. The van der Waals surface area contributed by atoms with Crippen molar-refractivity contribution < 1.29 is 14.3 Å². The first kappa shape index (κ1) is 13.9. The normalized spacial score (nSPS) is 18.3. The Hall–Kier alpha value is -2.50. The number of ether oxygens (including phenoxy) is 1. The fourth-order valence-electron chi connectivity index (χ4n) is 2.26. The van der Waals surface area contributed by atoms with E-state index in [9.17, 15) is 9.59 Å². The van der Waals surface area contributed by atoms with Gasteiger partial charge in [-0.2, -0.15) is 0 Å². The molecule has 6 heteroatoms. The molecule has 4 N–H and O–H groups in total. The zero-order valence-electron chi connectivity index (χ0n) is 11.4. The van der Waals surface area contributed by atoms with Gasteiger partial charge >= 0.3 is 6.03 Å². The molecular weight excluding hydrogens is 258 g/mol. The Morgan fingerprint density at radius 2 is 2.10 bits per heavy atom. The van der Waals surface area contributed by atoms with Crippen molar-refractivity contribution >= 4 is 11.9 Å². The minimum Gasteiger partial charge on any atom is -0.494 e. The van der Waals surface area contributed by atoms with Crippen LogP contribution in [0.5, 0.6) is 5.75 Å². The lowest BCUT2D eigenvalue weighted by Gasteiger charge is -2.28. The summed E-state index contributed by atoms with van der Waals surface area (Å²) in [5, 5.41) is 5.25. The van der Waals surface area contributed by atoms with Crippen molar-refractivity contribution in [3.05, 3.63) is 41.1 Å². The van der Waals surface area contributed by atoms with Gasteiger partial charge in [0.2, 0.25) is 5.91 Å². The molecule has 0 radical (unpaired) electrons. The van der Waals surface area contributed by atoms with Crippen molar-refractivity contribution in [1.82, 2.24) is 10.6 Å². The number of nitrogens with one attached hydrogen (secondary N) is 2. The molecule has 1 heterocycles. The molecule has 1 aromatic carbocycles. The fraction of sp³-hybridized carbons (Fsp3) is 0.286. The lowest BCUT2D eigenvalue weighted by atomic mass is 9.94. The molecule has 0 spiro atoms. The highest BCUT2D eigenvalue weighted by Gasteiger charge is 2.31. The number of hydrogen-bond acceptors (Lipinski definition) is 3. The lowest BCUT2D eigenvalue weighted by molar-refractivity contribution is -0.115. The topological polar surface area (TPSA) is 93.4 Å². The van der Waals surface area contributed by atoms with Gasteiger partial charge in [0.05, 0.1) is 18.2 Å². The van der Waals surface area contributed by atoms with Crippen LogP contribution >= 0.6 is 0 Å². The molecule has 0 saturated carbocycles. The highest BCUT2D eigenvalue weighted by molar-refractivity contribution is 5.97. The predicted molar refractivity (Wildman–Crippen MR) is 73.9 cm³/mol. The quantitative estimate of drug-likeness (QED) is 0.770. The van der Waals surface area contributed by atoms with E-state index in [1.165, 1.54) is 0 Å². The monoisotopic (exact) mass is 275 g/mol. The van der Waals surface area contributed by atoms with Gasteiger partial charge in [0.1, 0.15) is 5.75 Å². The molecule has 1 aliphatic rings. The van der Waals surface area contributed by atoms with Crippen LogP contribution in [0.4, 0.5) is 4.79 Å². The van der Waals surface area contributed by atoms with Gasteiger partial charge < -0.3 is 21.1 Å². The second-order valence-electron chi connectivity index (χ2n) is 4.41. The number of carbonyl (C=O) groups is 2. The molecule has 1 atom stereocenters. The summed E-state index contributed by atoms with van der Waals surface area (Å²) in [6, 6.07) is 6.27. The first-order valence-electron chi connectivity index (χ1n) is 6.34. The Kier molecular flexibility index (Phi) is 3.93. The summed E-state index contributed by atoms with van der Waals surface area (Å²) < 4.78 is 5.54. The maximum Gasteiger partial charge on any atom is 0.319 e. The minimum atomic E-state index is -0.607. The Morgan fingerprint density at radius 3 is 2.75 bits per heavy atom. The molecule has 0 bridgehead atoms. The number of para-hydroxylation sites is 1. The molecule has 0 aromatic heterocycles. The average molecular weight is 275 g/mol. The third-order valence-electron chi connectivity index (χ3n) is 3.06. The largest absolute Gasteiger partial charge is 0.494 e. The number of carbonyl (C=O) groups excluding carboxylic acids is 2.